The minimum atomic E-state index is -1.34. The van der Waals surface area contributed by atoms with Gasteiger partial charge in [0.2, 0.25) is 0 Å². The van der Waals surface area contributed by atoms with E-state index in [1.807, 2.05) is 0 Å². The van der Waals surface area contributed by atoms with Crippen molar-refractivity contribution in [1.82, 2.24) is 0 Å². The summed E-state index contributed by atoms with van der Waals surface area (Å²) < 4.78 is 0. The molecule has 102 valence electrons. The molecular formula is C14H10O6. The summed E-state index contributed by atoms with van der Waals surface area (Å²) >= 11 is 0. The zero-order valence-electron chi connectivity index (χ0n) is 10.1. The smallest absolute Gasteiger partial charge is 0.336 e. The van der Waals surface area contributed by atoms with Gasteiger partial charge >= 0.3 is 11.9 Å². The highest BCUT2D eigenvalue weighted by Gasteiger charge is 2.23. The van der Waals surface area contributed by atoms with Crippen molar-refractivity contribution in [3.05, 3.63) is 47.5 Å². The fraction of sp³-hybridized carbons (Fsp3) is 0. The largest absolute Gasteiger partial charge is 0.507 e. The number of carboxylic acid groups (broad SMARTS) is 2. The maximum atomic E-state index is 11.2. The van der Waals surface area contributed by atoms with Crippen molar-refractivity contribution in [2.24, 2.45) is 0 Å². The van der Waals surface area contributed by atoms with E-state index in [-0.39, 0.29) is 22.3 Å². The number of carbonyl (C=O) groups is 2. The molecule has 0 aliphatic rings. The molecule has 20 heavy (non-hydrogen) atoms. The van der Waals surface area contributed by atoms with Crippen LogP contribution in [0.5, 0.6) is 11.5 Å². The third-order valence-corrected chi connectivity index (χ3v) is 2.80. The summed E-state index contributed by atoms with van der Waals surface area (Å²) in [6.45, 7) is 0. The molecule has 0 spiro atoms. The monoisotopic (exact) mass is 274 g/mol. The molecule has 0 saturated heterocycles. The van der Waals surface area contributed by atoms with E-state index < -0.39 is 23.4 Å². The van der Waals surface area contributed by atoms with Gasteiger partial charge in [0.25, 0.3) is 0 Å². The first-order valence-electron chi connectivity index (χ1n) is 5.54. The predicted octanol–water partition coefficient (Wildman–Crippen LogP) is 2.16. The van der Waals surface area contributed by atoms with Crippen LogP contribution < -0.4 is 0 Å². The standard InChI is InChI=1S/C14H10O6/c15-9-5-1-3-7(13(17)18)11(9)12-8(14(19)20)4-2-6-10(12)16/h1-6,15-16H,(H,17,18)(H,19,20). The molecule has 0 aliphatic heterocycles. The second-order valence-electron chi connectivity index (χ2n) is 4.01. The molecule has 4 N–H and O–H groups in total. The molecule has 0 fully saturated rings. The molecule has 0 bridgehead atoms. The van der Waals surface area contributed by atoms with Gasteiger partial charge in [-0.25, -0.2) is 9.59 Å². The Kier molecular flexibility index (Phi) is 3.30. The molecule has 0 radical (unpaired) electrons. The third kappa shape index (κ3) is 2.14. The van der Waals surface area contributed by atoms with Crippen LogP contribution in [0.15, 0.2) is 36.4 Å². The Morgan fingerprint density at radius 3 is 1.35 bits per heavy atom. The van der Waals surface area contributed by atoms with Crippen molar-refractivity contribution in [2.45, 2.75) is 0 Å². The van der Waals surface area contributed by atoms with Crippen molar-refractivity contribution in [3.8, 4) is 22.6 Å². The summed E-state index contributed by atoms with van der Waals surface area (Å²) in [7, 11) is 0. The first-order chi connectivity index (χ1) is 9.43. The van der Waals surface area contributed by atoms with E-state index in [2.05, 4.69) is 0 Å². The quantitative estimate of drug-likeness (QED) is 0.681. The molecule has 0 atom stereocenters. The van der Waals surface area contributed by atoms with Gasteiger partial charge in [0.15, 0.2) is 0 Å². The molecule has 2 aromatic carbocycles. The van der Waals surface area contributed by atoms with Crippen LogP contribution >= 0.6 is 0 Å². The molecule has 2 aromatic rings. The summed E-state index contributed by atoms with van der Waals surface area (Å²) in [6.07, 6.45) is 0. The number of carboxylic acids is 2. The molecule has 6 nitrogen and oxygen atoms in total. The van der Waals surface area contributed by atoms with Crippen LogP contribution in [0.1, 0.15) is 20.7 Å². The number of phenolic OH excluding ortho intramolecular Hbond substituents is 2. The average molecular weight is 274 g/mol. The molecule has 6 heteroatoms. The maximum absolute atomic E-state index is 11.2. The minimum absolute atomic E-state index is 0.226. The van der Waals surface area contributed by atoms with Crippen LogP contribution in [-0.2, 0) is 0 Å². The second-order valence-corrected chi connectivity index (χ2v) is 4.01. The van der Waals surface area contributed by atoms with E-state index in [4.69, 9.17) is 10.2 Å². The van der Waals surface area contributed by atoms with Crippen LogP contribution in [-0.4, -0.2) is 32.4 Å². The minimum Gasteiger partial charge on any atom is -0.507 e. The summed E-state index contributed by atoms with van der Waals surface area (Å²) in [5.74, 6) is -3.52. The summed E-state index contributed by atoms with van der Waals surface area (Å²) in [6, 6.07) is 7.52. The van der Waals surface area contributed by atoms with E-state index in [1.54, 1.807) is 0 Å². The van der Waals surface area contributed by atoms with Gasteiger partial charge in [-0.2, -0.15) is 0 Å². The highest BCUT2D eigenvalue weighted by atomic mass is 16.4. The normalized spacial score (nSPS) is 10.2. The van der Waals surface area contributed by atoms with Gasteiger partial charge in [-0.05, 0) is 24.3 Å². The Labute approximate surface area is 113 Å². The number of phenols is 2. The SMILES string of the molecule is O=C(O)c1cccc(O)c1-c1c(O)cccc1C(=O)O. The van der Waals surface area contributed by atoms with Gasteiger partial charge < -0.3 is 20.4 Å². The molecule has 0 amide bonds. The van der Waals surface area contributed by atoms with E-state index in [0.717, 1.165) is 0 Å². The van der Waals surface area contributed by atoms with E-state index in [0.29, 0.717) is 0 Å². The van der Waals surface area contributed by atoms with E-state index >= 15 is 0 Å². The van der Waals surface area contributed by atoms with Gasteiger partial charge in [-0.1, -0.05) is 12.1 Å². The highest BCUT2D eigenvalue weighted by molar-refractivity contribution is 6.05. The lowest BCUT2D eigenvalue weighted by molar-refractivity contribution is 0.0684. The predicted molar refractivity (Wildman–Crippen MR) is 69.1 cm³/mol. The topological polar surface area (TPSA) is 115 Å². The second kappa shape index (κ2) is 4.93. The van der Waals surface area contributed by atoms with Gasteiger partial charge in [0.05, 0.1) is 11.1 Å². The van der Waals surface area contributed by atoms with Crippen molar-refractivity contribution < 1.29 is 30.0 Å². The Hall–Kier alpha value is -3.02. The molecule has 0 unspecified atom stereocenters. The highest BCUT2D eigenvalue weighted by Crippen LogP contribution is 2.40. The maximum Gasteiger partial charge on any atom is 0.336 e. The summed E-state index contributed by atoms with van der Waals surface area (Å²) in [5.41, 5.74) is -1.05. The van der Waals surface area contributed by atoms with Crippen LogP contribution in [0.25, 0.3) is 11.1 Å². The molecule has 0 heterocycles. The molecular weight excluding hydrogens is 264 g/mol. The van der Waals surface area contributed by atoms with Crippen LogP contribution in [0.3, 0.4) is 0 Å². The van der Waals surface area contributed by atoms with Crippen molar-refractivity contribution in [2.75, 3.05) is 0 Å². The van der Waals surface area contributed by atoms with Gasteiger partial charge in [-0.3, -0.25) is 0 Å². The fourth-order valence-electron chi connectivity index (χ4n) is 1.96. The van der Waals surface area contributed by atoms with E-state index in [1.165, 1.54) is 36.4 Å². The molecule has 0 aliphatic carbocycles. The van der Waals surface area contributed by atoms with Crippen LogP contribution in [0.4, 0.5) is 0 Å². The summed E-state index contributed by atoms with van der Waals surface area (Å²) in [5, 5.41) is 38.0. The lowest BCUT2D eigenvalue weighted by Crippen LogP contribution is -2.04. The van der Waals surface area contributed by atoms with Crippen LogP contribution in [0.2, 0.25) is 0 Å². The Morgan fingerprint density at radius 2 is 1.05 bits per heavy atom. The third-order valence-electron chi connectivity index (χ3n) is 2.80. The Morgan fingerprint density at radius 1 is 0.700 bits per heavy atom. The Bertz CT molecular complexity index is 643. The van der Waals surface area contributed by atoms with Gasteiger partial charge in [0, 0.05) is 11.1 Å². The molecule has 2 rings (SSSR count). The zero-order valence-corrected chi connectivity index (χ0v) is 10.1. The number of benzene rings is 2. The Balaban J connectivity index is 2.88. The van der Waals surface area contributed by atoms with Crippen LogP contribution in [0, 0.1) is 0 Å². The first-order valence-corrected chi connectivity index (χ1v) is 5.54. The number of hydrogen-bond donors (Lipinski definition) is 4. The number of rotatable bonds is 3. The lowest BCUT2D eigenvalue weighted by atomic mass is 9.93. The van der Waals surface area contributed by atoms with Crippen molar-refractivity contribution in [3.63, 3.8) is 0 Å². The average Bonchev–Trinajstić information content (AvgIpc) is 2.38. The number of aromatic hydroxyl groups is 2. The fourth-order valence-corrected chi connectivity index (χ4v) is 1.96. The number of aromatic carboxylic acids is 2. The number of hydrogen-bond acceptors (Lipinski definition) is 4. The van der Waals surface area contributed by atoms with Gasteiger partial charge in [0.1, 0.15) is 11.5 Å². The molecule has 0 saturated carbocycles. The lowest BCUT2D eigenvalue weighted by Gasteiger charge is -2.13. The summed E-state index contributed by atoms with van der Waals surface area (Å²) in [4.78, 5) is 22.4. The van der Waals surface area contributed by atoms with Gasteiger partial charge in [-0.15, -0.1) is 0 Å². The van der Waals surface area contributed by atoms with Crippen molar-refractivity contribution >= 4 is 11.9 Å². The zero-order chi connectivity index (χ0) is 14.9. The first kappa shape index (κ1) is 13.4. The van der Waals surface area contributed by atoms with Crippen molar-refractivity contribution in [1.29, 1.82) is 0 Å². The molecule has 0 aromatic heterocycles. The van der Waals surface area contributed by atoms with E-state index in [9.17, 15) is 19.8 Å².